The molecule has 4 rings (SSSR count). The molecule has 0 fully saturated rings. The molecular weight excluding hydrogens is 337 g/mol. The normalized spacial score (nSPS) is 11.9. The Labute approximate surface area is 148 Å². The predicted octanol–water partition coefficient (Wildman–Crippen LogP) is 3.95. The number of hydrogen-bond acceptors (Lipinski definition) is 5. The zero-order valence-electron chi connectivity index (χ0n) is 13.5. The van der Waals surface area contributed by atoms with Gasteiger partial charge in [0, 0.05) is 17.3 Å². The summed E-state index contributed by atoms with van der Waals surface area (Å²) in [4.78, 5) is 16.3. The molecule has 2 N–H and O–H groups in total. The number of benzene rings is 2. The van der Waals surface area contributed by atoms with Crippen molar-refractivity contribution in [2.75, 3.05) is 17.4 Å². The molecule has 1 amide bonds. The number of nitrogens with zero attached hydrogens (tertiary/aromatic N) is 1. The highest BCUT2D eigenvalue weighted by atomic mass is 19.1. The number of pyridine rings is 1. The van der Waals surface area contributed by atoms with Crippen LogP contribution >= 0.6 is 0 Å². The third-order valence-corrected chi connectivity index (χ3v) is 3.75. The molecule has 26 heavy (non-hydrogen) atoms. The van der Waals surface area contributed by atoms with E-state index in [1.807, 2.05) is 18.2 Å². The first-order valence-corrected chi connectivity index (χ1v) is 7.87. The van der Waals surface area contributed by atoms with Crippen molar-refractivity contribution in [2.45, 2.75) is 0 Å². The largest absolute Gasteiger partial charge is 0.454 e. The molecule has 7 heteroatoms. The Balaban J connectivity index is 1.43. The van der Waals surface area contributed by atoms with Crippen LogP contribution in [0.1, 0.15) is 10.4 Å². The molecule has 1 aliphatic rings. The molecule has 130 valence electrons. The van der Waals surface area contributed by atoms with Crippen LogP contribution in [0.4, 0.5) is 21.6 Å². The summed E-state index contributed by atoms with van der Waals surface area (Å²) in [6.07, 6.45) is 1.59. The van der Waals surface area contributed by atoms with E-state index in [4.69, 9.17) is 9.47 Å². The minimum Gasteiger partial charge on any atom is -0.454 e. The van der Waals surface area contributed by atoms with E-state index in [1.54, 1.807) is 18.3 Å². The Hall–Kier alpha value is -3.61. The Kier molecular flexibility index (Phi) is 4.10. The fourth-order valence-electron chi connectivity index (χ4n) is 2.50. The summed E-state index contributed by atoms with van der Waals surface area (Å²) < 4.78 is 23.8. The number of hydrogen-bond donors (Lipinski definition) is 2. The van der Waals surface area contributed by atoms with Gasteiger partial charge in [0.15, 0.2) is 11.5 Å². The van der Waals surface area contributed by atoms with E-state index >= 15 is 0 Å². The van der Waals surface area contributed by atoms with Crippen molar-refractivity contribution in [1.29, 1.82) is 0 Å². The maximum atomic E-state index is 13.2. The zero-order chi connectivity index (χ0) is 17.9. The fraction of sp³-hybridized carbons (Fsp3) is 0.0526. The molecule has 6 nitrogen and oxygen atoms in total. The van der Waals surface area contributed by atoms with Crippen LogP contribution in [0, 0.1) is 5.82 Å². The summed E-state index contributed by atoms with van der Waals surface area (Å²) >= 11 is 0. The van der Waals surface area contributed by atoms with Gasteiger partial charge >= 0.3 is 0 Å². The minimum absolute atomic E-state index is 0.222. The first-order valence-electron chi connectivity index (χ1n) is 7.87. The van der Waals surface area contributed by atoms with E-state index < -0.39 is 11.7 Å². The number of halogens is 1. The third-order valence-electron chi connectivity index (χ3n) is 3.75. The summed E-state index contributed by atoms with van der Waals surface area (Å²) in [6, 6.07) is 14.4. The molecule has 0 spiro atoms. The smallest absolute Gasteiger partial charge is 0.256 e. The zero-order valence-corrected chi connectivity index (χ0v) is 13.5. The second kappa shape index (κ2) is 6.72. The first kappa shape index (κ1) is 15.9. The topological polar surface area (TPSA) is 72.5 Å². The monoisotopic (exact) mass is 351 g/mol. The molecule has 3 aromatic rings. The lowest BCUT2D eigenvalue weighted by Gasteiger charge is -2.09. The van der Waals surface area contributed by atoms with Crippen molar-refractivity contribution in [2.24, 2.45) is 0 Å². The average Bonchev–Trinajstić information content (AvgIpc) is 3.11. The summed E-state index contributed by atoms with van der Waals surface area (Å²) in [5.74, 6) is 0.879. The van der Waals surface area contributed by atoms with Crippen molar-refractivity contribution in [3.63, 3.8) is 0 Å². The van der Waals surface area contributed by atoms with E-state index in [-0.39, 0.29) is 12.4 Å². The minimum atomic E-state index is -0.464. The van der Waals surface area contributed by atoms with Crippen LogP contribution in [0.15, 0.2) is 60.8 Å². The molecular formula is C19H14FN3O3. The second-order valence-electron chi connectivity index (χ2n) is 5.59. The van der Waals surface area contributed by atoms with Crippen molar-refractivity contribution in [3.8, 4) is 11.5 Å². The van der Waals surface area contributed by atoms with Crippen LogP contribution < -0.4 is 20.1 Å². The molecule has 0 radical (unpaired) electrons. The number of carbonyl (C=O) groups is 1. The Morgan fingerprint density at radius 1 is 1.00 bits per heavy atom. The molecule has 1 aromatic heterocycles. The van der Waals surface area contributed by atoms with Crippen molar-refractivity contribution < 1.29 is 18.7 Å². The second-order valence-corrected chi connectivity index (χ2v) is 5.59. The molecule has 1 aliphatic heterocycles. The molecule has 2 heterocycles. The van der Waals surface area contributed by atoms with Crippen molar-refractivity contribution in [1.82, 2.24) is 4.98 Å². The van der Waals surface area contributed by atoms with Crippen LogP contribution in [0.25, 0.3) is 0 Å². The van der Waals surface area contributed by atoms with Gasteiger partial charge < -0.3 is 20.1 Å². The first-order chi connectivity index (χ1) is 12.7. The van der Waals surface area contributed by atoms with E-state index in [1.165, 1.54) is 24.3 Å². The van der Waals surface area contributed by atoms with Gasteiger partial charge in [-0.2, -0.15) is 0 Å². The lowest BCUT2D eigenvalue weighted by atomic mass is 10.2. The highest BCUT2D eigenvalue weighted by Crippen LogP contribution is 2.35. The Bertz CT molecular complexity index is 960. The van der Waals surface area contributed by atoms with Crippen LogP contribution in [0.3, 0.4) is 0 Å². The predicted molar refractivity (Wildman–Crippen MR) is 94.4 cm³/mol. The molecule has 2 aromatic carbocycles. The average molecular weight is 351 g/mol. The van der Waals surface area contributed by atoms with E-state index in [0.717, 1.165) is 11.4 Å². The summed E-state index contributed by atoms with van der Waals surface area (Å²) in [5, 5.41) is 5.82. The van der Waals surface area contributed by atoms with Gasteiger partial charge in [0.05, 0.1) is 11.9 Å². The quantitative estimate of drug-likeness (QED) is 0.745. The maximum Gasteiger partial charge on any atom is 0.256 e. The van der Waals surface area contributed by atoms with Gasteiger partial charge in [-0.1, -0.05) is 6.07 Å². The van der Waals surface area contributed by atoms with E-state index in [2.05, 4.69) is 15.6 Å². The number of fused-ring (bicyclic) bond motifs is 1. The van der Waals surface area contributed by atoms with Gasteiger partial charge in [0.2, 0.25) is 6.79 Å². The number of anilines is 3. The number of rotatable bonds is 4. The van der Waals surface area contributed by atoms with Crippen LogP contribution in [-0.2, 0) is 0 Å². The number of amides is 1. The van der Waals surface area contributed by atoms with Gasteiger partial charge in [0.1, 0.15) is 11.6 Å². The Morgan fingerprint density at radius 3 is 2.65 bits per heavy atom. The maximum absolute atomic E-state index is 13.2. The van der Waals surface area contributed by atoms with Gasteiger partial charge in [-0.15, -0.1) is 0 Å². The molecule has 0 atom stereocenters. The van der Waals surface area contributed by atoms with Gasteiger partial charge in [-0.25, -0.2) is 9.37 Å². The lowest BCUT2D eigenvalue weighted by Crippen LogP contribution is -2.13. The van der Waals surface area contributed by atoms with Crippen LogP contribution in [0.5, 0.6) is 11.5 Å². The molecule has 0 bridgehead atoms. The van der Waals surface area contributed by atoms with Gasteiger partial charge in [-0.05, 0) is 42.5 Å². The van der Waals surface area contributed by atoms with Crippen LogP contribution in [-0.4, -0.2) is 17.7 Å². The van der Waals surface area contributed by atoms with Gasteiger partial charge in [0.25, 0.3) is 5.91 Å². The lowest BCUT2D eigenvalue weighted by molar-refractivity contribution is 0.102. The Morgan fingerprint density at radius 2 is 1.85 bits per heavy atom. The fourth-order valence-corrected chi connectivity index (χ4v) is 2.50. The van der Waals surface area contributed by atoms with Crippen LogP contribution in [0.2, 0.25) is 0 Å². The molecule has 0 saturated carbocycles. The summed E-state index contributed by atoms with van der Waals surface area (Å²) in [5.41, 5.74) is 1.80. The summed E-state index contributed by atoms with van der Waals surface area (Å²) in [7, 11) is 0. The van der Waals surface area contributed by atoms with Gasteiger partial charge in [-0.3, -0.25) is 4.79 Å². The van der Waals surface area contributed by atoms with Crippen molar-refractivity contribution >= 4 is 23.1 Å². The van der Waals surface area contributed by atoms with E-state index in [9.17, 15) is 9.18 Å². The standard InChI is InChI=1S/C19H14FN3O3/c20-13-3-1-2-12(8-13)19(24)23-18-7-5-15(10-21-18)22-14-4-6-16-17(9-14)26-11-25-16/h1-10,22H,11H2,(H,21,23,24). The van der Waals surface area contributed by atoms with E-state index in [0.29, 0.717) is 17.3 Å². The number of nitrogens with one attached hydrogen (secondary N) is 2. The number of carbonyl (C=O) groups excluding carboxylic acids is 1. The third kappa shape index (κ3) is 3.41. The SMILES string of the molecule is O=C(Nc1ccc(Nc2ccc3c(c2)OCO3)cn1)c1cccc(F)c1. The number of aromatic nitrogens is 1. The van der Waals surface area contributed by atoms with Crippen molar-refractivity contribution in [3.05, 3.63) is 72.2 Å². The highest BCUT2D eigenvalue weighted by molar-refractivity contribution is 6.03. The highest BCUT2D eigenvalue weighted by Gasteiger charge is 2.13. The molecule has 0 unspecified atom stereocenters. The number of ether oxygens (including phenoxy) is 2. The molecule has 0 aliphatic carbocycles. The molecule has 0 saturated heterocycles. The summed E-state index contributed by atoms with van der Waals surface area (Å²) in [6.45, 7) is 0.222.